The van der Waals surface area contributed by atoms with Crippen molar-refractivity contribution in [2.75, 3.05) is 14.2 Å². The van der Waals surface area contributed by atoms with Gasteiger partial charge in [-0.2, -0.15) is 14.9 Å². The summed E-state index contributed by atoms with van der Waals surface area (Å²) in [5.41, 5.74) is 2.76. The van der Waals surface area contributed by atoms with Crippen molar-refractivity contribution >= 4 is 18.4 Å². The Morgan fingerprint density at radius 3 is 2.47 bits per heavy atom. The van der Waals surface area contributed by atoms with Crippen molar-refractivity contribution in [1.82, 2.24) is 14.9 Å². The predicted molar refractivity (Wildman–Crippen MR) is 126 cm³/mol. The summed E-state index contributed by atoms with van der Waals surface area (Å²) < 4.78 is 18.6. The van der Waals surface area contributed by atoms with E-state index < -0.39 is 0 Å². The number of ether oxygens (including phenoxy) is 3. The highest BCUT2D eigenvalue weighted by Crippen LogP contribution is 2.28. The normalized spacial score (nSPS) is 10.9. The Bertz CT molecular complexity index is 1260. The van der Waals surface area contributed by atoms with Crippen molar-refractivity contribution in [3.05, 3.63) is 88.7 Å². The zero-order chi connectivity index (χ0) is 22.3. The number of rotatable bonds is 8. The van der Waals surface area contributed by atoms with Crippen molar-refractivity contribution in [1.29, 1.82) is 0 Å². The van der Waals surface area contributed by atoms with Gasteiger partial charge in [-0.15, -0.1) is 0 Å². The van der Waals surface area contributed by atoms with Gasteiger partial charge in [-0.25, -0.2) is 5.10 Å². The van der Waals surface area contributed by atoms with Crippen LogP contribution in [0, 0.1) is 4.77 Å². The number of nitrogens with zero attached hydrogens (tertiary/aromatic N) is 3. The molecule has 0 aliphatic carbocycles. The molecule has 7 nitrogen and oxygen atoms in total. The van der Waals surface area contributed by atoms with Crippen LogP contribution in [0.25, 0.3) is 11.4 Å². The molecule has 4 rings (SSSR count). The lowest BCUT2D eigenvalue weighted by Crippen LogP contribution is -1.99. The molecule has 0 bridgehead atoms. The van der Waals surface area contributed by atoms with Crippen LogP contribution in [0.2, 0.25) is 0 Å². The van der Waals surface area contributed by atoms with Gasteiger partial charge in [0, 0.05) is 5.56 Å². The van der Waals surface area contributed by atoms with E-state index in [1.807, 2.05) is 72.8 Å². The van der Waals surface area contributed by atoms with Crippen LogP contribution >= 0.6 is 12.2 Å². The highest BCUT2D eigenvalue weighted by Gasteiger charge is 2.09. The first-order chi connectivity index (χ1) is 15.7. The maximum atomic E-state index is 5.99. The van der Waals surface area contributed by atoms with E-state index in [4.69, 9.17) is 26.4 Å². The summed E-state index contributed by atoms with van der Waals surface area (Å²) in [5, 5.41) is 11.6. The highest BCUT2D eigenvalue weighted by molar-refractivity contribution is 7.71. The van der Waals surface area contributed by atoms with Crippen LogP contribution in [-0.4, -0.2) is 35.3 Å². The van der Waals surface area contributed by atoms with E-state index in [-0.39, 0.29) is 0 Å². The number of hydrogen-bond acceptors (Lipinski definition) is 6. The van der Waals surface area contributed by atoms with E-state index in [2.05, 4.69) is 15.3 Å². The van der Waals surface area contributed by atoms with Gasteiger partial charge in [-0.3, -0.25) is 0 Å². The second-order valence-corrected chi connectivity index (χ2v) is 7.21. The second kappa shape index (κ2) is 9.93. The van der Waals surface area contributed by atoms with Crippen LogP contribution in [0.4, 0.5) is 0 Å². The first-order valence-electron chi connectivity index (χ1n) is 9.89. The molecule has 0 spiro atoms. The summed E-state index contributed by atoms with van der Waals surface area (Å²) >= 11 is 5.36. The molecular formula is C24H22N4O3S. The Labute approximate surface area is 190 Å². The van der Waals surface area contributed by atoms with Gasteiger partial charge in [-0.1, -0.05) is 30.3 Å². The van der Waals surface area contributed by atoms with Crippen LogP contribution in [0.1, 0.15) is 11.1 Å². The number of nitrogens with one attached hydrogen (secondary N) is 1. The molecular weight excluding hydrogens is 424 g/mol. The average Bonchev–Trinajstić information content (AvgIpc) is 3.22. The van der Waals surface area contributed by atoms with Gasteiger partial charge >= 0.3 is 0 Å². The average molecular weight is 447 g/mol. The monoisotopic (exact) mass is 446 g/mol. The van der Waals surface area contributed by atoms with Gasteiger partial charge in [0.2, 0.25) is 4.77 Å². The van der Waals surface area contributed by atoms with Gasteiger partial charge in [0.1, 0.15) is 12.4 Å². The van der Waals surface area contributed by atoms with E-state index in [0.717, 1.165) is 22.4 Å². The maximum absolute atomic E-state index is 5.99. The van der Waals surface area contributed by atoms with Gasteiger partial charge in [0.15, 0.2) is 17.3 Å². The maximum Gasteiger partial charge on any atom is 0.216 e. The Morgan fingerprint density at radius 1 is 0.969 bits per heavy atom. The smallest absolute Gasteiger partial charge is 0.216 e. The number of methoxy groups -OCH3 is 2. The zero-order valence-electron chi connectivity index (χ0n) is 17.7. The Morgan fingerprint density at radius 2 is 1.75 bits per heavy atom. The van der Waals surface area contributed by atoms with E-state index in [0.29, 0.717) is 28.7 Å². The van der Waals surface area contributed by atoms with E-state index >= 15 is 0 Å². The lowest BCUT2D eigenvalue weighted by Gasteiger charge is -2.11. The molecule has 4 aromatic rings. The summed E-state index contributed by atoms with van der Waals surface area (Å²) in [5.74, 6) is 2.64. The molecule has 0 radical (unpaired) electrons. The molecule has 0 amide bonds. The third kappa shape index (κ3) is 4.87. The SMILES string of the molecule is COc1ccc(-c2n[nH]c(=S)n2/N=C\c2ccc(OC)c(OCc3ccccc3)c2)cc1. The zero-order valence-corrected chi connectivity index (χ0v) is 18.5. The molecule has 1 heterocycles. The number of aromatic amines is 1. The minimum absolute atomic E-state index is 0.390. The Hall–Kier alpha value is -3.91. The van der Waals surface area contributed by atoms with Crippen molar-refractivity contribution in [2.24, 2.45) is 5.10 Å². The number of aromatic nitrogens is 3. The van der Waals surface area contributed by atoms with E-state index in [1.54, 1.807) is 25.1 Å². The fourth-order valence-electron chi connectivity index (χ4n) is 3.07. The van der Waals surface area contributed by atoms with Gasteiger partial charge in [-0.05, 0) is 65.8 Å². The lowest BCUT2D eigenvalue weighted by atomic mass is 10.2. The molecule has 162 valence electrons. The molecule has 0 aliphatic rings. The summed E-state index contributed by atoms with van der Waals surface area (Å²) in [6, 6.07) is 23.1. The number of benzene rings is 3. The molecule has 0 fully saturated rings. The van der Waals surface area contributed by atoms with Crippen LogP contribution in [0.3, 0.4) is 0 Å². The Kier molecular flexibility index (Phi) is 6.62. The van der Waals surface area contributed by atoms with Crippen LogP contribution in [0.15, 0.2) is 77.9 Å². The van der Waals surface area contributed by atoms with Crippen LogP contribution < -0.4 is 14.2 Å². The van der Waals surface area contributed by atoms with E-state index in [9.17, 15) is 0 Å². The first-order valence-corrected chi connectivity index (χ1v) is 10.3. The largest absolute Gasteiger partial charge is 0.497 e. The topological polar surface area (TPSA) is 73.7 Å². The highest BCUT2D eigenvalue weighted by atomic mass is 32.1. The molecule has 0 aliphatic heterocycles. The molecule has 0 saturated carbocycles. The van der Waals surface area contributed by atoms with Crippen LogP contribution in [0.5, 0.6) is 17.2 Å². The fraction of sp³-hybridized carbons (Fsp3) is 0.125. The quantitative estimate of drug-likeness (QED) is 0.302. The second-order valence-electron chi connectivity index (χ2n) is 6.82. The van der Waals surface area contributed by atoms with E-state index in [1.165, 1.54) is 0 Å². The summed E-state index contributed by atoms with van der Waals surface area (Å²) in [4.78, 5) is 0. The lowest BCUT2D eigenvalue weighted by molar-refractivity contribution is 0.284. The summed E-state index contributed by atoms with van der Waals surface area (Å²) in [6.07, 6.45) is 1.70. The molecule has 32 heavy (non-hydrogen) atoms. The Balaban J connectivity index is 1.58. The van der Waals surface area contributed by atoms with Crippen molar-refractivity contribution in [2.45, 2.75) is 6.61 Å². The van der Waals surface area contributed by atoms with Gasteiger partial charge < -0.3 is 14.2 Å². The van der Waals surface area contributed by atoms with Crippen molar-refractivity contribution < 1.29 is 14.2 Å². The first kappa shape index (κ1) is 21.3. The van der Waals surface area contributed by atoms with Gasteiger partial charge in [0.05, 0.1) is 20.4 Å². The molecule has 1 N–H and O–H groups in total. The van der Waals surface area contributed by atoms with Crippen LogP contribution in [-0.2, 0) is 6.61 Å². The standard InChI is InChI=1S/C24H22N4O3S/c1-29-20-11-9-19(10-12-20)23-26-27-24(32)28(23)25-15-18-8-13-21(30-2)22(14-18)31-16-17-6-4-3-5-7-17/h3-15H,16H2,1-2H3,(H,27,32)/b25-15-. The molecule has 0 atom stereocenters. The number of hydrogen-bond donors (Lipinski definition) is 1. The van der Waals surface area contributed by atoms with Crippen molar-refractivity contribution in [3.63, 3.8) is 0 Å². The third-order valence-corrected chi connectivity index (χ3v) is 5.01. The molecule has 8 heteroatoms. The molecule has 0 saturated heterocycles. The minimum Gasteiger partial charge on any atom is -0.497 e. The third-order valence-electron chi connectivity index (χ3n) is 4.75. The fourth-order valence-corrected chi connectivity index (χ4v) is 3.25. The minimum atomic E-state index is 0.390. The summed E-state index contributed by atoms with van der Waals surface area (Å²) in [7, 11) is 3.24. The molecule has 1 aromatic heterocycles. The predicted octanol–water partition coefficient (Wildman–Crippen LogP) is 5.09. The molecule has 0 unspecified atom stereocenters. The summed E-state index contributed by atoms with van der Waals surface area (Å²) in [6.45, 7) is 0.437. The van der Waals surface area contributed by atoms with Gasteiger partial charge in [0.25, 0.3) is 0 Å². The molecule has 3 aromatic carbocycles. The number of H-pyrrole nitrogens is 1. The van der Waals surface area contributed by atoms with Crippen molar-refractivity contribution in [3.8, 4) is 28.6 Å².